The summed E-state index contributed by atoms with van der Waals surface area (Å²) < 4.78 is 2.23. The maximum absolute atomic E-state index is 6.11. The summed E-state index contributed by atoms with van der Waals surface area (Å²) in [6.45, 7) is 5.28. The van der Waals surface area contributed by atoms with E-state index in [-0.39, 0.29) is 0 Å². The number of halogens is 1. The molecule has 1 aromatic carbocycles. The van der Waals surface area contributed by atoms with Crippen LogP contribution in [0.25, 0.3) is 0 Å². The molecule has 4 heteroatoms. The van der Waals surface area contributed by atoms with E-state index in [0.29, 0.717) is 5.02 Å². The highest BCUT2D eigenvalue weighted by Gasteiger charge is 2.01. The van der Waals surface area contributed by atoms with Crippen molar-refractivity contribution in [3.63, 3.8) is 0 Å². The lowest BCUT2D eigenvalue weighted by molar-refractivity contribution is 0.644. The Labute approximate surface area is 110 Å². The van der Waals surface area contributed by atoms with Crippen molar-refractivity contribution in [3.8, 4) is 0 Å². The fourth-order valence-electron chi connectivity index (χ4n) is 1.64. The average molecular weight is 267 g/mol. The van der Waals surface area contributed by atoms with Gasteiger partial charge in [-0.2, -0.15) is 0 Å². The Morgan fingerprint density at radius 1 is 1.35 bits per heavy atom. The summed E-state index contributed by atoms with van der Waals surface area (Å²) >= 11 is 7.77. The van der Waals surface area contributed by atoms with Gasteiger partial charge in [-0.3, -0.25) is 0 Å². The number of para-hydroxylation sites is 1. The Bertz CT molecular complexity index is 569. The molecule has 0 aliphatic heterocycles. The number of aryl methyl sites for hydroxylation is 1. The van der Waals surface area contributed by atoms with E-state index in [9.17, 15) is 0 Å². The van der Waals surface area contributed by atoms with Crippen LogP contribution in [0.15, 0.2) is 34.6 Å². The van der Waals surface area contributed by atoms with Crippen molar-refractivity contribution < 1.29 is 0 Å². The van der Waals surface area contributed by atoms with E-state index >= 15 is 0 Å². The van der Waals surface area contributed by atoms with E-state index in [1.54, 1.807) is 11.3 Å². The summed E-state index contributed by atoms with van der Waals surface area (Å²) in [7, 11) is 0. The quantitative estimate of drug-likeness (QED) is 0.794. The molecule has 0 N–H and O–H groups in total. The normalized spacial score (nSPS) is 12.1. The lowest BCUT2D eigenvalue weighted by Gasteiger charge is -2.03. The second-order valence-corrected chi connectivity index (χ2v) is 5.12. The van der Waals surface area contributed by atoms with E-state index in [0.717, 1.165) is 23.5 Å². The van der Waals surface area contributed by atoms with Crippen molar-refractivity contribution in [3.05, 3.63) is 45.2 Å². The largest absolute Gasteiger partial charge is 0.321 e. The Kier molecular flexibility index (Phi) is 4.02. The number of rotatable bonds is 3. The first-order valence-electron chi connectivity index (χ1n) is 5.66. The molecule has 0 bridgehead atoms. The number of hydrogen-bond donors (Lipinski definition) is 0. The third kappa shape index (κ3) is 2.79. The van der Waals surface area contributed by atoms with Gasteiger partial charge >= 0.3 is 0 Å². The molecule has 0 saturated heterocycles. The molecule has 1 aromatic heterocycles. The van der Waals surface area contributed by atoms with Crippen LogP contribution < -0.4 is 4.80 Å². The SMILES string of the molecule is CCCn1c(C)csc1=Nc1ccccc1Cl. The van der Waals surface area contributed by atoms with Gasteiger partial charge in [0, 0.05) is 17.6 Å². The maximum atomic E-state index is 6.11. The third-order valence-electron chi connectivity index (χ3n) is 2.51. The molecule has 0 spiro atoms. The first-order chi connectivity index (χ1) is 8.22. The Morgan fingerprint density at radius 3 is 2.82 bits per heavy atom. The van der Waals surface area contributed by atoms with Crippen LogP contribution in [-0.4, -0.2) is 4.57 Å². The minimum Gasteiger partial charge on any atom is -0.321 e. The van der Waals surface area contributed by atoms with Crippen LogP contribution in [-0.2, 0) is 6.54 Å². The minimum absolute atomic E-state index is 0.696. The summed E-state index contributed by atoms with van der Waals surface area (Å²) in [5.74, 6) is 0. The monoisotopic (exact) mass is 266 g/mol. The second kappa shape index (κ2) is 5.52. The van der Waals surface area contributed by atoms with Gasteiger partial charge in [-0.15, -0.1) is 11.3 Å². The van der Waals surface area contributed by atoms with E-state index in [1.165, 1.54) is 5.69 Å². The van der Waals surface area contributed by atoms with Crippen LogP contribution in [0, 0.1) is 6.92 Å². The Hall–Kier alpha value is -1.06. The van der Waals surface area contributed by atoms with Crippen molar-refractivity contribution in [2.24, 2.45) is 4.99 Å². The fourth-order valence-corrected chi connectivity index (χ4v) is 2.74. The van der Waals surface area contributed by atoms with Crippen LogP contribution in [0.1, 0.15) is 19.0 Å². The molecule has 0 aliphatic rings. The van der Waals surface area contributed by atoms with E-state index in [1.807, 2.05) is 24.3 Å². The molecule has 2 nitrogen and oxygen atoms in total. The van der Waals surface area contributed by atoms with E-state index < -0.39 is 0 Å². The van der Waals surface area contributed by atoms with E-state index in [2.05, 4.69) is 28.8 Å². The Morgan fingerprint density at radius 2 is 2.12 bits per heavy atom. The smallest absolute Gasteiger partial charge is 0.190 e. The Balaban J connectivity index is 2.50. The summed E-state index contributed by atoms with van der Waals surface area (Å²) in [6, 6.07) is 7.68. The van der Waals surface area contributed by atoms with Crippen LogP contribution in [0.2, 0.25) is 5.02 Å². The summed E-state index contributed by atoms with van der Waals surface area (Å²) in [4.78, 5) is 5.64. The third-order valence-corrected chi connectivity index (χ3v) is 3.81. The number of nitrogens with zero attached hydrogens (tertiary/aromatic N) is 2. The molecule has 0 amide bonds. The molecule has 0 unspecified atom stereocenters. The van der Waals surface area contributed by atoms with Gasteiger partial charge in [0.15, 0.2) is 4.80 Å². The van der Waals surface area contributed by atoms with Crippen LogP contribution in [0.3, 0.4) is 0 Å². The van der Waals surface area contributed by atoms with Crippen molar-refractivity contribution in [2.75, 3.05) is 0 Å². The van der Waals surface area contributed by atoms with Crippen molar-refractivity contribution in [1.29, 1.82) is 0 Å². The van der Waals surface area contributed by atoms with Crippen molar-refractivity contribution >= 4 is 28.6 Å². The van der Waals surface area contributed by atoms with Gasteiger partial charge in [0.05, 0.1) is 10.7 Å². The van der Waals surface area contributed by atoms with Crippen molar-refractivity contribution in [1.82, 2.24) is 4.57 Å². The molecule has 0 radical (unpaired) electrons. The van der Waals surface area contributed by atoms with Crippen LogP contribution >= 0.6 is 22.9 Å². The molecular weight excluding hydrogens is 252 g/mol. The van der Waals surface area contributed by atoms with Gasteiger partial charge in [0.25, 0.3) is 0 Å². The van der Waals surface area contributed by atoms with Crippen molar-refractivity contribution in [2.45, 2.75) is 26.8 Å². The van der Waals surface area contributed by atoms with Gasteiger partial charge in [0.1, 0.15) is 0 Å². The molecular formula is C13H15ClN2S. The second-order valence-electron chi connectivity index (χ2n) is 3.87. The minimum atomic E-state index is 0.696. The lowest BCUT2D eigenvalue weighted by Crippen LogP contribution is -2.15. The molecule has 0 saturated carbocycles. The van der Waals surface area contributed by atoms with Crippen LogP contribution in [0.5, 0.6) is 0 Å². The van der Waals surface area contributed by atoms with Gasteiger partial charge in [0.2, 0.25) is 0 Å². The number of thiazole rings is 1. The number of aromatic nitrogens is 1. The lowest BCUT2D eigenvalue weighted by atomic mass is 10.3. The molecule has 90 valence electrons. The van der Waals surface area contributed by atoms with Crippen LogP contribution in [0.4, 0.5) is 5.69 Å². The molecule has 2 rings (SSSR count). The number of hydrogen-bond acceptors (Lipinski definition) is 2. The zero-order valence-electron chi connectivity index (χ0n) is 9.98. The fraction of sp³-hybridized carbons (Fsp3) is 0.308. The van der Waals surface area contributed by atoms with Gasteiger partial charge in [-0.1, -0.05) is 30.7 Å². The molecule has 0 fully saturated rings. The zero-order chi connectivity index (χ0) is 12.3. The topological polar surface area (TPSA) is 17.3 Å². The molecule has 17 heavy (non-hydrogen) atoms. The van der Waals surface area contributed by atoms with Gasteiger partial charge < -0.3 is 4.57 Å². The predicted octanol–water partition coefficient (Wildman–Crippen LogP) is 4.15. The average Bonchev–Trinajstić information content (AvgIpc) is 2.65. The molecule has 0 aliphatic carbocycles. The summed E-state index contributed by atoms with van der Waals surface area (Å²) in [5, 5.41) is 2.83. The predicted molar refractivity (Wildman–Crippen MR) is 74.0 cm³/mol. The first-order valence-corrected chi connectivity index (χ1v) is 6.92. The van der Waals surface area contributed by atoms with E-state index in [4.69, 9.17) is 11.6 Å². The molecule has 2 aromatic rings. The number of benzene rings is 1. The van der Waals surface area contributed by atoms with Gasteiger partial charge in [-0.05, 0) is 25.5 Å². The molecule has 0 atom stereocenters. The first kappa shape index (κ1) is 12.4. The zero-order valence-corrected chi connectivity index (χ0v) is 11.6. The summed E-state index contributed by atoms with van der Waals surface area (Å²) in [6.07, 6.45) is 1.10. The van der Waals surface area contributed by atoms with Gasteiger partial charge in [-0.25, -0.2) is 4.99 Å². The highest BCUT2D eigenvalue weighted by atomic mass is 35.5. The highest BCUT2D eigenvalue weighted by Crippen LogP contribution is 2.23. The maximum Gasteiger partial charge on any atom is 0.190 e. The molecule has 1 heterocycles. The highest BCUT2D eigenvalue weighted by molar-refractivity contribution is 7.07. The standard InChI is InChI=1S/C13H15ClN2S/c1-3-8-16-10(2)9-17-13(16)15-12-7-5-4-6-11(12)14/h4-7,9H,3,8H2,1-2H3. The summed E-state index contributed by atoms with van der Waals surface area (Å²) in [5.41, 5.74) is 2.09.